The molecule has 0 spiro atoms. The standard InChI is InChI=1S/C36H56O6/c37-29-31-19-21-33-35(27-31)41-25-17-13-7-3-1-2-4-8-14-18-26-42-36-28-32(30-38)20-22-34(36)40-24-16-12-10-6-5-9-11-15-23-39-33/h19-22,27-28,37-38H,1-18,23-26,29-30H2. The Bertz CT molecular complexity index is 884. The summed E-state index contributed by atoms with van der Waals surface area (Å²) in [7, 11) is 0. The van der Waals surface area contributed by atoms with E-state index in [1.165, 1.54) is 89.9 Å². The Morgan fingerprint density at radius 2 is 0.619 bits per heavy atom. The van der Waals surface area contributed by atoms with Gasteiger partial charge in [0.2, 0.25) is 0 Å². The monoisotopic (exact) mass is 584 g/mol. The zero-order valence-corrected chi connectivity index (χ0v) is 26.0. The molecule has 6 heteroatoms. The minimum Gasteiger partial charge on any atom is -0.490 e. The van der Waals surface area contributed by atoms with Crippen LogP contribution in [0.4, 0.5) is 0 Å². The summed E-state index contributed by atoms with van der Waals surface area (Å²) >= 11 is 0. The molecule has 1 aliphatic heterocycles. The van der Waals surface area contributed by atoms with Crippen LogP contribution in [0.3, 0.4) is 0 Å². The Hall–Kier alpha value is -2.44. The lowest BCUT2D eigenvalue weighted by atomic mass is 10.1. The normalized spacial score (nSPS) is 18.5. The molecule has 0 bridgehead atoms. The summed E-state index contributed by atoms with van der Waals surface area (Å²) in [6.07, 6.45) is 21.4. The van der Waals surface area contributed by atoms with Gasteiger partial charge < -0.3 is 29.2 Å². The zero-order chi connectivity index (χ0) is 29.5. The molecule has 3 rings (SSSR count). The number of aliphatic hydroxyl groups excluding tert-OH is 2. The summed E-state index contributed by atoms with van der Waals surface area (Å²) in [5, 5.41) is 19.1. The van der Waals surface area contributed by atoms with Gasteiger partial charge in [-0.1, -0.05) is 102 Å². The molecular formula is C36H56O6. The Kier molecular flexibility index (Phi) is 18.0. The van der Waals surface area contributed by atoms with Crippen LogP contribution in [0.5, 0.6) is 23.0 Å². The van der Waals surface area contributed by atoms with E-state index in [2.05, 4.69) is 0 Å². The van der Waals surface area contributed by atoms with Gasteiger partial charge in [-0.15, -0.1) is 0 Å². The average Bonchev–Trinajstić information content (AvgIpc) is 3.02. The molecule has 0 amide bonds. The molecule has 0 saturated carbocycles. The topological polar surface area (TPSA) is 77.4 Å². The maximum Gasteiger partial charge on any atom is 0.161 e. The van der Waals surface area contributed by atoms with Crippen molar-refractivity contribution in [2.45, 2.75) is 129 Å². The fourth-order valence-corrected chi connectivity index (χ4v) is 5.38. The van der Waals surface area contributed by atoms with Gasteiger partial charge in [0, 0.05) is 0 Å². The first-order chi connectivity index (χ1) is 20.8. The molecule has 0 radical (unpaired) electrons. The van der Waals surface area contributed by atoms with Gasteiger partial charge >= 0.3 is 0 Å². The molecule has 0 aliphatic carbocycles. The minimum atomic E-state index is 0.0115. The molecule has 2 N–H and O–H groups in total. The first-order valence-electron chi connectivity index (χ1n) is 16.8. The van der Waals surface area contributed by atoms with E-state index in [9.17, 15) is 10.2 Å². The molecule has 42 heavy (non-hydrogen) atoms. The highest BCUT2D eigenvalue weighted by Gasteiger charge is 2.09. The fourth-order valence-electron chi connectivity index (χ4n) is 5.38. The maximum atomic E-state index is 9.55. The van der Waals surface area contributed by atoms with Crippen LogP contribution in [0.1, 0.15) is 127 Å². The molecule has 0 unspecified atom stereocenters. The quantitative estimate of drug-likeness (QED) is 0.367. The van der Waals surface area contributed by atoms with E-state index >= 15 is 0 Å². The highest BCUT2D eigenvalue weighted by Crippen LogP contribution is 2.30. The third-order valence-electron chi connectivity index (χ3n) is 7.99. The summed E-state index contributed by atoms with van der Waals surface area (Å²) in [4.78, 5) is 0. The van der Waals surface area contributed by atoms with E-state index in [1.54, 1.807) is 0 Å². The van der Waals surface area contributed by atoms with Crippen molar-refractivity contribution in [2.24, 2.45) is 0 Å². The molecule has 1 heterocycles. The van der Waals surface area contributed by atoms with Gasteiger partial charge in [0.05, 0.1) is 39.6 Å². The number of aliphatic hydroxyl groups is 2. The van der Waals surface area contributed by atoms with Crippen LogP contribution in [0.2, 0.25) is 0 Å². The predicted molar refractivity (Wildman–Crippen MR) is 170 cm³/mol. The molecular weight excluding hydrogens is 528 g/mol. The van der Waals surface area contributed by atoms with E-state index in [0.717, 1.165) is 59.8 Å². The lowest BCUT2D eigenvalue weighted by Gasteiger charge is -2.14. The Morgan fingerprint density at radius 3 is 0.905 bits per heavy atom. The average molecular weight is 585 g/mol. The summed E-state index contributed by atoms with van der Waals surface area (Å²) in [6.45, 7) is 2.78. The smallest absolute Gasteiger partial charge is 0.161 e. The van der Waals surface area contributed by atoms with E-state index in [0.29, 0.717) is 26.4 Å². The molecule has 0 saturated heterocycles. The largest absolute Gasteiger partial charge is 0.490 e. The molecule has 2 aromatic rings. The molecule has 0 fully saturated rings. The second kappa shape index (κ2) is 22.1. The van der Waals surface area contributed by atoms with Crippen LogP contribution >= 0.6 is 0 Å². The van der Waals surface area contributed by atoms with Gasteiger partial charge in [-0.25, -0.2) is 0 Å². The van der Waals surface area contributed by atoms with Crippen molar-refractivity contribution in [2.75, 3.05) is 26.4 Å². The second-order valence-corrected chi connectivity index (χ2v) is 11.6. The van der Waals surface area contributed by atoms with Crippen LogP contribution in [-0.4, -0.2) is 36.6 Å². The van der Waals surface area contributed by atoms with Crippen molar-refractivity contribution >= 4 is 0 Å². The number of ether oxygens (including phenoxy) is 4. The first kappa shape index (κ1) is 34.1. The SMILES string of the molecule is OCc1ccc2c(c1)OCCCCCCCCCCCCOc1cc(CO)ccc1OCCCCCCCCCCO2. The zero-order valence-electron chi connectivity index (χ0n) is 26.0. The van der Waals surface area contributed by atoms with Gasteiger partial charge in [-0.2, -0.15) is 0 Å². The number of rotatable bonds is 2. The van der Waals surface area contributed by atoms with E-state index in [1.807, 2.05) is 36.4 Å². The summed E-state index contributed by atoms with van der Waals surface area (Å²) in [5.74, 6) is 3.09. The summed E-state index contributed by atoms with van der Waals surface area (Å²) < 4.78 is 24.3. The maximum absolute atomic E-state index is 9.55. The van der Waals surface area contributed by atoms with Crippen LogP contribution in [0.25, 0.3) is 0 Å². The van der Waals surface area contributed by atoms with Crippen molar-refractivity contribution in [3.63, 3.8) is 0 Å². The highest BCUT2D eigenvalue weighted by atomic mass is 16.5. The lowest BCUT2D eigenvalue weighted by Crippen LogP contribution is -2.04. The Morgan fingerprint density at radius 1 is 0.357 bits per heavy atom. The van der Waals surface area contributed by atoms with Crippen LogP contribution in [0.15, 0.2) is 36.4 Å². The molecule has 236 valence electrons. The van der Waals surface area contributed by atoms with Crippen molar-refractivity contribution in [1.82, 2.24) is 0 Å². The van der Waals surface area contributed by atoms with Crippen molar-refractivity contribution in [3.8, 4) is 23.0 Å². The van der Waals surface area contributed by atoms with Crippen LogP contribution in [-0.2, 0) is 13.2 Å². The van der Waals surface area contributed by atoms with Crippen LogP contribution < -0.4 is 18.9 Å². The second-order valence-electron chi connectivity index (χ2n) is 11.6. The molecule has 6 nitrogen and oxygen atoms in total. The van der Waals surface area contributed by atoms with Crippen molar-refractivity contribution in [3.05, 3.63) is 47.5 Å². The van der Waals surface area contributed by atoms with E-state index in [-0.39, 0.29) is 13.2 Å². The van der Waals surface area contributed by atoms with Crippen molar-refractivity contribution < 1.29 is 29.2 Å². The Balaban J connectivity index is 1.43. The first-order valence-corrected chi connectivity index (χ1v) is 16.8. The molecule has 0 atom stereocenters. The Labute approximate surface area is 254 Å². The lowest BCUT2D eigenvalue weighted by molar-refractivity contribution is 0.253. The number of hydrogen-bond donors (Lipinski definition) is 2. The summed E-state index contributed by atoms with van der Waals surface area (Å²) in [5.41, 5.74) is 1.71. The number of benzene rings is 2. The molecule has 0 aromatic heterocycles. The number of hydrogen-bond acceptors (Lipinski definition) is 6. The van der Waals surface area contributed by atoms with Crippen molar-refractivity contribution in [1.29, 1.82) is 0 Å². The summed E-state index contributed by atoms with van der Waals surface area (Å²) in [6, 6.07) is 11.5. The van der Waals surface area contributed by atoms with Crippen LogP contribution in [0, 0.1) is 0 Å². The fraction of sp³-hybridized carbons (Fsp3) is 0.667. The van der Waals surface area contributed by atoms with Gasteiger partial charge in [-0.3, -0.25) is 0 Å². The third kappa shape index (κ3) is 14.2. The van der Waals surface area contributed by atoms with Gasteiger partial charge in [0.25, 0.3) is 0 Å². The highest BCUT2D eigenvalue weighted by molar-refractivity contribution is 5.43. The van der Waals surface area contributed by atoms with Gasteiger partial charge in [-0.05, 0) is 61.1 Å². The minimum absolute atomic E-state index is 0.0115. The van der Waals surface area contributed by atoms with E-state index < -0.39 is 0 Å². The van der Waals surface area contributed by atoms with Gasteiger partial charge in [0.1, 0.15) is 0 Å². The van der Waals surface area contributed by atoms with E-state index in [4.69, 9.17) is 18.9 Å². The van der Waals surface area contributed by atoms with Gasteiger partial charge in [0.15, 0.2) is 23.0 Å². The third-order valence-corrected chi connectivity index (χ3v) is 7.99. The molecule has 2 aromatic carbocycles. The predicted octanol–water partition coefficient (Wildman–Crippen LogP) is 8.92. The molecule has 1 aliphatic rings. The number of fused-ring (bicyclic) bond motifs is 2.